The standard InChI is InChI=1S/C41H27N5/c1-3-7-32(8-4-1)39-44-40(33-9-5-2-6-10-33)46-41(45-39)34-19-15-29(16-20-34)36-22-18-30-17-21-35(23-37(30)24-36)28-11-13-31(14-12-28)38-25-42-27-43-26-38/h1-27H. The predicted molar refractivity (Wildman–Crippen MR) is 186 cm³/mol. The Kier molecular flexibility index (Phi) is 7.09. The summed E-state index contributed by atoms with van der Waals surface area (Å²) in [4.78, 5) is 22.8. The molecule has 0 atom stereocenters. The van der Waals surface area contributed by atoms with Crippen LogP contribution in [0, 0.1) is 0 Å². The van der Waals surface area contributed by atoms with Crippen LogP contribution in [0.1, 0.15) is 0 Å². The molecule has 0 unspecified atom stereocenters. The number of rotatable bonds is 6. The van der Waals surface area contributed by atoms with Crippen molar-refractivity contribution in [2.24, 2.45) is 0 Å². The molecule has 2 heterocycles. The van der Waals surface area contributed by atoms with Crippen LogP contribution >= 0.6 is 0 Å². The highest BCUT2D eigenvalue weighted by atomic mass is 15.0. The van der Waals surface area contributed by atoms with Gasteiger partial charge in [-0.2, -0.15) is 0 Å². The summed E-state index contributed by atoms with van der Waals surface area (Å²) in [5.41, 5.74) is 9.58. The Hall–Kier alpha value is -6.33. The third-order valence-electron chi connectivity index (χ3n) is 8.13. The van der Waals surface area contributed by atoms with Crippen LogP contribution in [0.25, 0.3) is 78.3 Å². The van der Waals surface area contributed by atoms with Crippen LogP contribution in [0.3, 0.4) is 0 Å². The minimum absolute atomic E-state index is 0.646. The van der Waals surface area contributed by atoms with Gasteiger partial charge < -0.3 is 0 Å². The van der Waals surface area contributed by atoms with Crippen molar-refractivity contribution in [3.63, 3.8) is 0 Å². The summed E-state index contributed by atoms with van der Waals surface area (Å²) < 4.78 is 0. The molecule has 5 nitrogen and oxygen atoms in total. The Morgan fingerprint density at radius 1 is 0.283 bits per heavy atom. The fourth-order valence-electron chi connectivity index (χ4n) is 5.66. The Bertz CT molecular complexity index is 2210. The molecule has 8 aromatic rings. The van der Waals surface area contributed by atoms with Gasteiger partial charge in [0.1, 0.15) is 6.33 Å². The van der Waals surface area contributed by atoms with Crippen molar-refractivity contribution in [1.29, 1.82) is 0 Å². The van der Waals surface area contributed by atoms with Crippen LogP contribution in [0.5, 0.6) is 0 Å². The Labute approximate surface area is 267 Å². The highest BCUT2D eigenvalue weighted by molar-refractivity contribution is 5.91. The quantitative estimate of drug-likeness (QED) is 0.193. The van der Waals surface area contributed by atoms with Gasteiger partial charge in [0.05, 0.1) is 0 Å². The number of aromatic nitrogens is 5. The SMILES string of the molecule is c1ccc(-c2nc(-c3ccccc3)nc(-c3ccc(-c4ccc5ccc(-c6ccc(-c7cncnc7)cc6)cc5c4)cc3)n2)cc1. The Morgan fingerprint density at radius 2 is 0.652 bits per heavy atom. The first-order chi connectivity index (χ1) is 22.8. The van der Waals surface area contributed by atoms with Crippen molar-refractivity contribution in [1.82, 2.24) is 24.9 Å². The van der Waals surface area contributed by atoms with Gasteiger partial charge in [-0.15, -0.1) is 0 Å². The molecule has 0 bridgehead atoms. The van der Waals surface area contributed by atoms with E-state index in [1.54, 1.807) is 6.33 Å². The van der Waals surface area contributed by atoms with Crippen molar-refractivity contribution in [2.75, 3.05) is 0 Å². The van der Waals surface area contributed by atoms with Crippen LogP contribution in [0.2, 0.25) is 0 Å². The molecular formula is C41H27N5. The van der Waals surface area contributed by atoms with Gasteiger partial charge in [0.25, 0.3) is 0 Å². The highest BCUT2D eigenvalue weighted by Crippen LogP contribution is 2.31. The fraction of sp³-hybridized carbons (Fsp3) is 0. The average Bonchev–Trinajstić information content (AvgIpc) is 3.15. The maximum absolute atomic E-state index is 4.88. The zero-order chi connectivity index (χ0) is 30.7. The van der Waals surface area contributed by atoms with Crippen LogP contribution in [0.15, 0.2) is 164 Å². The Morgan fingerprint density at radius 3 is 1.11 bits per heavy atom. The van der Waals surface area contributed by atoms with Crippen molar-refractivity contribution >= 4 is 10.8 Å². The first-order valence-corrected chi connectivity index (χ1v) is 15.1. The molecule has 46 heavy (non-hydrogen) atoms. The second-order valence-corrected chi connectivity index (χ2v) is 11.1. The second kappa shape index (κ2) is 12.0. The number of hydrogen-bond donors (Lipinski definition) is 0. The lowest BCUT2D eigenvalue weighted by atomic mass is 9.96. The molecule has 0 aliphatic carbocycles. The Balaban J connectivity index is 1.11. The minimum Gasteiger partial charge on any atom is -0.244 e. The van der Waals surface area contributed by atoms with Gasteiger partial charge in [-0.25, -0.2) is 24.9 Å². The molecular weight excluding hydrogens is 562 g/mol. The van der Waals surface area contributed by atoms with E-state index in [0.29, 0.717) is 17.5 Å². The maximum Gasteiger partial charge on any atom is 0.164 e. The molecule has 216 valence electrons. The summed E-state index contributed by atoms with van der Waals surface area (Å²) in [6.07, 6.45) is 5.22. The predicted octanol–water partition coefficient (Wildman–Crippen LogP) is 9.82. The number of benzene rings is 6. The van der Waals surface area contributed by atoms with Gasteiger partial charge in [0.2, 0.25) is 0 Å². The molecule has 2 aromatic heterocycles. The largest absolute Gasteiger partial charge is 0.244 e. The molecule has 5 heteroatoms. The topological polar surface area (TPSA) is 64.5 Å². The molecule has 0 aliphatic heterocycles. The van der Waals surface area contributed by atoms with E-state index in [0.717, 1.165) is 38.9 Å². The monoisotopic (exact) mass is 589 g/mol. The molecule has 0 saturated carbocycles. The molecule has 0 fully saturated rings. The number of nitrogens with zero attached hydrogens (tertiary/aromatic N) is 5. The van der Waals surface area contributed by atoms with Crippen LogP contribution in [0.4, 0.5) is 0 Å². The van der Waals surface area contributed by atoms with E-state index in [-0.39, 0.29) is 0 Å². The normalized spacial score (nSPS) is 11.0. The summed E-state index contributed by atoms with van der Waals surface area (Å²) in [6, 6.07) is 50.3. The second-order valence-electron chi connectivity index (χ2n) is 11.1. The lowest BCUT2D eigenvalue weighted by molar-refractivity contribution is 1.07. The molecule has 0 saturated heterocycles. The van der Waals surface area contributed by atoms with Gasteiger partial charge in [-0.1, -0.05) is 133 Å². The van der Waals surface area contributed by atoms with Gasteiger partial charge in [0.15, 0.2) is 17.5 Å². The fourth-order valence-corrected chi connectivity index (χ4v) is 5.66. The van der Waals surface area contributed by atoms with Crippen LogP contribution in [-0.4, -0.2) is 24.9 Å². The highest BCUT2D eigenvalue weighted by Gasteiger charge is 2.12. The minimum atomic E-state index is 0.646. The van der Waals surface area contributed by atoms with Gasteiger partial charge in [-0.05, 0) is 50.7 Å². The smallest absolute Gasteiger partial charge is 0.164 e. The molecule has 8 rings (SSSR count). The van der Waals surface area contributed by atoms with E-state index in [2.05, 4.69) is 94.9 Å². The number of hydrogen-bond acceptors (Lipinski definition) is 5. The van der Waals surface area contributed by atoms with E-state index in [9.17, 15) is 0 Å². The number of fused-ring (bicyclic) bond motifs is 1. The van der Waals surface area contributed by atoms with Crippen molar-refractivity contribution in [3.05, 3.63) is 164 Å². The molecule has 0 N–H and O–H groups in total. The average molecular weight is 590 g/mol. The maximum atomic E-state index is 4.88. The summed E-state index contributed by atoms with van der Waals surface area (Å²) in [7, 11) is 0. The summed E-state index contributed by atoms with van der Waals surface area (Å²) in [5.74, 6) is 1.96. The van der Waals surface area contributed by atoms with Gasteiger partial charge >= 0.3 is 0 Å². The molecule has 0 amide bonds. The first kappa shape index (κ1) is 27.2. The van der Waals surface area contributed by atoms with Crippen molar-refractivity contribution in [2.45, 2.75) is 0 Å². The van der Waals surface area contributed by atoms with Gasteiger partial charge in [-0.3, -0.25) is 0 Å². The summed E-state index contributed by atoms with van der Waals surface area (Å²) >= 11 is 0. The summed E-state index contributed by atoms with van der Waals surface area (Å²) in [6.45, 7) is 0. The zero-order valence-corrected chi connectivity index (χ0v) is 24.8. The zero-order valence-electron chi connectivity index (χ0n) is 24.8. The lowest BCUT2D eigenvalue weighted by Crippen LogP contribution is -2.00. The van der Waals surface area contributed by atoms with E-state index < -0.39 is 0 Å². The van der Waals surface area contributed by atoms with Crippen LogP contribution < -0.4 is 0 Å². The molecule has 0 spiro atoms. The van der Waals surface area contributed by atoms with E-state index in [4.69, 9.17) is 15.0 Å². The third kappa shape index (κ3) is 5.53. The molecule has 0 radical (unpaired) electrons. The molecule has 6 aromatic carbocycles. The van der Waals surface area contributed by atoms with Crippen molar-refractivity contribution < 1.29 is 0 Å². The van der Waals surface area contributed by atoms with E-state index in [1.165, 1.54) is 21.9 Å². The van der Waals surface area contributed by atoms with Crippen molar-refractivity contribution in [3.8, 4) is 67.5 Å². The van der Waals surface area contributed by atoms with Gasteiger partial charge in [0, 0.05) is 34.6 Å². The van der Waals surface area contributed by atoms with E-state index in [1.807, 2.05) is 73.1 Å². The third-order valence-corrected chi connectivity index (χ3v) is 8.13. The first-order valence-electron chi connectivity index (χ1n) is 15.1. The lowest BCUT2D eigenvalue weighted by Gasteiger charge is -2.10. The van der Waals surface area contributed by atoms with Crippen LogP contribution in [-0.2, 0) is 0 Å². The van der Waals surface area contributed by atoms with E-state index >= 15 is 0 Å². The summed E-state index contributed by atoms with van der Waals surface area (Å²) in [5, 5.41) is 2.39. The molecule has 0 aliphatic rings.